The van der Waals surface area contributed by atoms with Gasteiger partial charge in [0, 0.05) is 12.4 Å². The van der Waals surface area contributed by atoms with Gasteiger partial charge in [0.05, 0.1) is 5.92 Å². The van der Waals surface area contributed by atoms with Crippen molar-refractivity contribution < 1.29 is 4.79 Å². The fourth-order valence-electron chi connectivity index (χ4n) is 2.59. The second-order valence-electron chi connectivity index (χ2n) is 5.77. The quantitative estimate of drug-likeness (QED) is 0.664. The second-order valence-corrected chi connectivity index (χ2v) is 6.15. The number of halogens is 1. The number of rotatable bonds is 9. The summed E-state index contributed by atoms with van der Waals surface area (Å²) in [6, 6.07) is 10.1. The Hall–Kier alpha value is -1.02. The Kier molecular flexibility index (Phi) is 8.44. The van der Waals surface area contributed by atoms with Gasteiger partial charge < -0.3 is 5.32 Å². The Bertz CT molecular complexity index is 407. The number of hydrogen-bond acceptors (Lipinski definition) is 1. The highest BCUT2D eigenvalue weighted by molar-refractivity contribution is 6.17. The third-order valence-electron chi connectivity index (χ3n) is 4.31. The van der Waals surface area contributed by atoms with Crippen molar-refractivity contribution in [1.29, 1.82) is 0 Å². The van der Waals surface area contributed by atoms with E-state index < -0.39 is 0 Å². The summed E-state index contributed by atoms with van der Waals surface area (Å²) in [4.78, 5) is 12.6. The first kappa shape index (κ1) is 18.0. The van der Waals surface area contributed by atoms with Gasteiger partial charge in [0.1, 0.15) is 0 Å². The van der Waals surface area contributed by atoms with E-state index in [0.29, 0.717) is 17.7 Å². The maximum atomic E-state index is 12.6. The average Bonchev–Trinajstić information content (AvgIpc) is 2.52. The maximum absolute atomic E-state index is 12.6. The molecule has 3 atom stereocenters. The molecule has 3 heteroatoms. The first-order valence-electron chi connectivity index (χ1n) is 8.02. The van der Waals surface area contributed by atoms with Crippen LogP contribution in [0.15, 0.2) is 30.3 Å². The number of carbonyl (C=O) groups excluding carboxylic acids is 1. The topological polar surface area (TPSA) is 29.1 Å². The molecule has 1 N–H and O–H groups in total. The normalized spacial score (nSPS) is 15.2. The van der Waals surface area contributed by atoms with Crippen molar-refractivity contribution in [2.45, 2.75) is 46.0 Å². The molecule has 0 aliphatic rings. The lowest BCUT2D eigenvalue weighted by Gasteiger charge is -2.24. The molecule has 0 heterocycles. The monoisotopic (exact) mass is 309 g/mol. The van der Waals surface area contributed by atoms with Crippen LogP contribution in [0.5, 0.6) is 0 Å². The number of hydrogen-bond donors (Lipinski definition) is 1. The van der Waals surface area contributed by atoms with Crippen LogP contribution in [0, 0.1) is 11.8 Å². The zero-order valence-corrected chi connectivity index (χ0v) is 14.2. The van der Waals surface area contributed by atoms with E-state index in [2.05, 4.69) is 26.1 Å². The molecule has 0 bridgehead atoms. The Morgan fingerprint density at radius 3 is 2.38 bits per heavy atom. The summed E-state index contributed by atoms with van der Waals surface area (Å²) >= 11 is 5.81. The van der Waals surface area contributed by atoms with Gasteiger partial charge >= 0.3 is 0 Å². The van der Waals surface area contributed by atoms with Crippen molar-refractivity contribution in [2.75, 3.05) is 12.4 Å². The molecule has 21 heavy (non-hydrogen) atoms. The number of alkyl halides is 1. The standard InChI is InChI=1S/C18H28ClNO/c1-4-14(3)17(16-9-7-6-8-10-16)18(21)20-13-15(5-2)11-12-19/h6-10,14-15,17H,4-5,11-13H2,1-3H3,(H,20,21). The van der Waals surface area contributed by atoms with Gasteiger partial charge in [-0.2, -0.15) is 0 Å². The third kappa shape index (κ3) is 5.70. The van der Waals surface area contributed by atoms with Gasteiger partial charge in [-0.05, 0) is 23.8 Å². The van der Waals surface area contributed by atoms with Crippen LogP contribution in [0.3, 0.4) is 0 Å². The molecule has 0 spiro atoms. The molecule has 0 aromatic heterocycles. The van der Waals surface area contributed by atoms with Gasteiger partial charge in [0.25, 0.3) is 0 Å². The van der Waals surface area contributed by atoms with E-state index >= 15 is 0 Å². The van der Waals surface area contributed by atoms with Crippen LogP contribution < -0.4 is 5.32 Å². The van der Waals surface area contributed by atoms with Crippen molar-refractivity contribution in [3.05, 3.63) is 35.9 Å². The minimum Gasteiger partial charge on any atom is -0.355 e. The van der Waals surface area contributed by atoms with E-state index in [1.807, 2.05) is 30.3 Å². The molecule has 1 aromatic carbocycles. The summed E-state index contributed by atoms with van der Waals surface area (Å²) in [5.74, 6) is 1.54. The van der Waals surface area contributed by atoms with Gasteiger partial charge in [0.15, 0.2) is 0 Å². The van der Waals surface area contributed by atoms with Crippen LogP contribution in [0.4, 0.5) is 0 Å². The van der Waals surface area contributed by atoms with Crippen molar-refractivity contribution in [2.24, 2.45) is 11.8 Å². The molecule has 1 rings (SSSR count). The van der Waals surface area contributed by atoms with Crippen molar-refractivity contribution in [3.8, 4) is 0 Å². The van der Waals surface area contributed by atoms with Crippen LogP contribution in [-0.2, 0) is 4.79 Å². The molecular formula is C18H28ClNO. The Labute approximate surface area is 134 Å². The van der Waals surface area contributed by atoms with Crippen molar-refractivity contribution in [1.82, 2.24) is 5.32 Å². The fraction of sp³-hybridized carbons (Fsp3) is 0.611. The number of nitrogens with one attached hydrogen (secondary N) is 1. The number of benzene rings is 1. The van der Waals surface area contributed by atoms with Crippen LogP contribution in [0.2, 0.25) is 0 Å². The van der Waals surface area contributed by atoms with Crippen LogP contribution in [0.1, 0.15) is 51.5 Å². The highest BCUT2D eigenvalue weighted by Gasteiger charge is 2.25. The van der Waals surface area contributed by atoms with E-state index in [0.717, 1.165) is 31.4 Å². The van der Waals surface area contributed by atoms with Crippen LogP contribution >= 0.6 is 11.6 Å². The molecule has 0 saturated heterocycles. The lowest BCUT2D eigenvalue weighted by atomic mass is 9.84. The predicted molar refractivity (Wildman–Crippen MR) is 90.8 cm³/mol. The van der Waals surface area contributed by atoms with Crippen LogP contribution in [-0.4, -0.2) is 18.3 Å². The molecule has 0 fully saturated rings. The minimum absolute atomic E-state index is 0.0651. The van der Waals surface area contributed by atoms with Gasteiger partial charge in [-0.1, -0.05) is 63.9 Å². The average molecular weight is 310 g/mol. The molecule has 0 saturated carbocycles. The number of amides is 1. The smallest absolute Gasteiger partial charge is 0.227 e. The minimum atomic E-state index is -0.0651. The fourth-order valence-corrected chi connectivity index (χ4v) is 2.90. The zero-order chi connectivity index (χ0) is 15.7. The lowest BCUT2D eigenvalue weighted by Crippen LogP contribution is -2.35. The first-order valence-corrected chi connectivity index (χ1v) is 8.56. The van der Waals surface area contributed by atoms with Crippen molar-refractivity contribution in [3.63, 3.8) is 0 Å². The summed E-state index contributed by atoms with van der Waals surface area (Å²) in [5, 5.41) is 3.13. The Morgan fingerprint density at radius 1 is 1.19 bits per heavy atom. The largest absolute Gasteiger partial charge is 0.355 e. The summed E-state index contributed by atoms with van der Waals surface area (Å²) in [6.45, 7) is 7.15. The molecule has 2 nitrogen and oxygen atoms in total. The van der Waals surface area contributed by atoms with E-state index in [1.54, 1.807) is 0 Å². The number of carbonyl (C=O) groups is 1. The molecule has 0 aliphatic heterocycles. The lowest BCUT2D eigenvalue weighted by molar-refractivity contribution is -0.123. The molecule has 1 amide bonds. The molecular weight excluding hydrogens is 282 g/mol. The highest BCUT2D eigenvalue weighted by Crippen LogP contribution is 2.27. The maximum Gasteiger partial charge on any atom is 0.227 e. The van der Waals surface area contributed by atoms with E-state index in [1.165, 1.54) is 0 Å². The molecule has 1 aromatic rings. The summed E-state index contributed by atoms with van der Waals surface area (Å²) < 4.78 is 0. The summed E-state index contributed by atoms with van der Waals surface area (Å²) in [6.07, 6.45) is 3.00. The Morgan fingerprint density at radius 2 is 1.86 bits per heavy atom. The van der Waals surface area contributed by atoms with Gasteiger partial charge in [-0.3, -0.25) is 4.79 Å². The third-order valence-corrected chi connectivity index (χ3v) is 4.53. The van der Waals surface area contributed by atoms with Gasteiger partial charge in [-0.25, -0.2) is 0 Å². The zero-order valence-electron chi connectivity index (χ0n) is 13.4. The molecule has 118 valence electrons. The van der Waals surface area contributed by atoms with Crippen molar-refractivity contribution >= 4 is 17.5 Å². The van der Waals surface area contributed by atoms with Gasteiger partial charge in [0.2, 0.25) is 5.91 Å². The predicted octanol–water partition coefficient (Wildman–Crippen LogP) is 4.59. The van der Waals surface area contributed by atoms with Crippen LogP contribution in [0.25, 0.3) is 0 Å². The highest BCUT2D eigenvalue weighted by atomic mass is 35.5. The SMILES string of the molecule is CCC(CCCl)CNC(=O)C(c1ccccc1)C(C)CC. The van der Waals surface area contributed by atoms with E-state index in [9.17, 15) is 4.79 Å². The molecule has 3 unspecified atom stereocenters. The summed E-state index contributed by atoms with van der Waals surface area (Å²) in [5.41, 5.74) is 1.11. The van der Waals surface area contributed by atoms with E-state index in [4.69, 9.17) is 11.6 Å². The molecule has 0 radical (unpaired) electrons. The summed E-state index contributed by atoms with van der Waals surface area (Å²) in [7, 11) is 0. The second kappa shape index (κ2) is 9.83. The molecule has 0 aliphatic carbocycles. The first-order chi connectivity index (χ1) is 10.1. The Balaban J connectivity index is 2.73. The van der Waals surface area contributed by atoms with E-state index in [-0.39, 0.29) is 11.8 Å². The van der Waals surface area contributed by atoms with Gasteiger partial charge in [-0.15, -0.1) is 11.6 Å².